The second kappa shape index (κ2) is 7.53. The van der Waals surface area contributed by atoms with Gasteiger partial charge < -0.3 is 5.11 Å². The molecule has 0 bridgehead atoms. The number of nitrogens with zero attached hydrogens (tertiary/aromatic N) is 2. The van der Waals surface area contributed by atoms with Gasteiger partial charge in [0.05, 0.1) is 12.1 Å². The van der Waals surface area contributed by atoms with Gasteiger partial charge in [0.1, 0.15) is 5.67 Å². The second-order valence-corrected chi connectivity index (χ2v) is 11.8. The third kappa shape index (κ3) is 3.75. The van der Waals surface area contributed by atoms with Crippen LogP contribution in [-0.4, -0.2) is 31.9 Å². The number of fused-ring (bicyclic) bond motifs is 5. The molecular formula is C25H34F4N2O2. The van der Waals surface area contributed by atoms with E-state index in [1.54, 1.807) is 0 Å². The first-order chi connectivity index (χ1) is 15.3. The Morgan fingerprint density at radius 2 is 1.88 bits per heavy atom. The summed E-state index contributed by atoms with van der Waals surface area (Å²) in [5.74, 6) is 0.125. The number of carbonyl (C=O) groups excluding carboxylic acids is 1. The first-order valence-corrected chi connectivity index (χ1v) is 12.4. The zero-order valence-corrected chi connectivity index (χ0v) is 19.4. The van der Waals surface area contributed by atoms with Crippen LogP contribution in [0.4, 0.5) is 17.6 Å². The minimum Gasteiger partial charge on any atom is -0.390 e. The number of hydrogen-bond acceptors (Lipinski definition) is 3. The van der Waals surface area contributed by atoms with E-state index in [9.17, 15) is 23.1 Å². The summed E-state index contributed by atoms with van der Waals surface area (Å²) in [4.78, 5) is 13.2. The van der Waals surface area contributed by atoms with E-state index >= 15 is 4.39 Å². The molecule has 0 radical (unpaired) electrons. The summed E-state index contributed by atoms with van der Waals surface area (Å²) in [6.07, 6.45) is 2.97. The minimum absolute atomic E-state index is 0.0141. The van der Waals surface area contributed by atoms with Crippen LogP contribution in [0.2, 0.25) is 0 Å². The highest BCUT2D eigenvalue weighted by Gasteiger charge is 2.63. The Labute approximate surface area is 192 Å². The number of aromatic nitrogens is 2. The van der Waals surface area contributed by atoms with Crippen LogP contribution in [0.1, 0.15) is 77.3 Å². The molecule has 1 aromatic heterocycles. The Bertz CT molecular complexity index is 928. The highest BCUT2D eigenvalue weighted by molar-refractivity contribution is 5.82. The maximum Gasteiger partial charge on any atom is 0.435 e. The van der Waals surface area contributed by atoms with Crippen molar-refractivity contribution < 1.29 is 27.5 Å². The second-order valence-electron chi connectivity index (χ2n) is 11.8. The maximum absolute atomic E-state index is 16.4. The summed E-state index contributed by atoms with van der Waals surface area (Å²) < 4.78 is 56.1. The van der Waals surface area contributed by atoms with Crippen LogP contribution in [0.25, 0.3) is 0 Å². The van der Waals surface area contributed by atoms with Crippen LogP contribution in [0.15, 0.2) is 12.3 Å². The molecule has 33 heavy (non-hydrogen) atoms. The zero-order chi connectivity index (χ0) is 23.8. The average molecular weight is 471 g/mol. The van der Waals surface area contributed by atoms with Crippen LogP contribution >= 0.6 is 0 Å². The average Bonchev–Trinajstić information content (AvgIpc) is 3.32. The summed E-state index contributed by atoms with van der Waals surface area (Å²) in [6.45, 7) is 3.82. The number of hydrogen-bond donors (Lipinski definition) is 1. The first-order valence-electron chi connectivity index (χ1n) is 12.4. The molecule has 0 amide bonds. The lowest BCUT2D eigenvalue weighted by Crippen LogP contribution is -2.58. The number of Topliss-reactive ketones (excluding diaryl/α,β-unsaturated/α-hetero) is 1. The Kier molecular flexibility index (Phi) is 5.32. The fraction of sp³-hybridized carbons (Fsp3) is 0.840. The van der Waals surface area contributed by atoms with Gasteiger partial charge in [-0.2, -0.15) is 18.3 Å². The molecule has 0 spiro atoms. The van der Waals surface area contributed by atoms with Crippen molar-refractivity contribution in [2.45, 2.75) is 95.6 Å². The predicted molar refractivity (Wildman–Crippen MR) is 114 cm³/mol. The molecule has 1 heterocycles. The molecule has 4 nitrogen and oxygen atoms in total. The summed E-state index contributed by atoms with van der Waals surface area (Å²) in [5, 5.41) is 14.1. The van der Waals surface area contributed by atoms with Gasteiger partial charge in [-0.05, 0) is 99.9 Å². The van der Waals surface area contributed by atoms with E-state index < -0.39 is 23.1 Å². The Balaban J connectivity index is 1.31. The smallest absolute Gasteiger partial charge is 0.390 e. The fourth-order valence-corrected chi connectivity index (χ4v) is 8.38. The molecule has 0 unspecified atom stereocenters. The SMILES string of the molecule is C[C@@]1(O)CC[C@@]2(F)[C@H](CC[C@H]3[C@@H]4CC[C@H](C(=O)Cn5ccc(C(F)(F)F)n5)[C@@]4(C)CC[C@@H]32)C1. The highest BCUT2D eigenvalue weighted by Crippen LogP contribution is 2.66. The molecule has 4 fully saturated rings. The zero-order valence-electron chi connectivity index (χ0n) is 19.4. The van der Waals surface area contributed by atoms with Crippen LogP contribution in [-0.2, 0) is 17.5 Å². The monoisotopic (exact) mass is 470 g/mol. The number of halogens is 4. The summed E-state index contributed by atoms with van der Waals surface area (Å²) in [7, 11) is 0. The van der Waals surface area contributed by atoms with Gasteiger partial charge in [0.25, 0.3) is 0 Å². The lowest BCUT2D eigenvalue weighted by molar-refractivity contribution is -0.166. The standard InChI is InChI=1S/C25H34F4N2O2/c1-22(33)10-11-24(26)15(13-22)3-4-16-17-5-6-19(23(17,2)9-7-18(16)24)20(32)14-31-12-8-21(30-31)25(27,28)29/h8,12,15-19,33H,3-7,9-11,13-14H2,1-2H3/t15-,16+,17+,18+,19-,22-,23+,24-/m1/s1. The van der Waals surface area contributed by atoms with E-state index in [0.29, 0.717) is 25.7 Å². The van der Waals surface area contributed by atoms with Gasteiger partial charge in [-0.25, -0.2) is 4.39 Å². The molecule has 4 aliphatic rings. The van der Waals surface area contributed by atoms with Gasteiger partial charge in [0.2, 0.25) is 0 Å². The minimum atomic E-state index is -4.52. The highest BCUT2D eigenvalue weighted by atomic mass is 19.4. The van der Waals surface area contributed by atoms with Crippen molar-refractivity contribution >= 4 is 5.78 Å². The molecule has 0 saturated heterocycles. The van der Waals surface area contributed by atoms with E-state index in [4.69, 9.17) is 0 Å². The Hall–Kier alpha value is -1.44. The first kappa shape index (κ1) is 23.3. The van der Waals surface area contributed by atoms with Crippen molar-refractivity contribution in [2.24, 2.45) is 35.0 Å². The van der Waals surface area contributed by atoms with E-state index in [2.05, 4.69) is 12.0 Å². The summed E-state index contributed by atoms with van der Waals surface area (Å²) in [6, 6.07) is 0.901. The normalized spacial score (nSPS) is 45.2. The van der Waals surface area contributed by atoms with E-state index in [1.807, 2.05) is 6.92 Å². The van der Waals surface area contributed by atoms with E-state index in [-0.39, 0.29) is 47.3 Å². The van der Waals surface area contributed by atoms with Crippen molar-refractivity contribution in [3.63, 3.8) is 0 Å². The topological polar surface area (TPSA) is 55.1 Å². The predicted octanol–water partition coefficient (Wildman–Crippen LogP) is 5.58. The van der Waals surface area contributed by atoms with Crippen molar-refractivity contribution in [2.75, 3.05) is 0 Å². The number of rotatable bonds is 3. The summed E-state index contributed by atoms with van der Waals surface area (Å²) >= 11 is 0. The number of ketones is 1. The molecule has 8 atom stereocenters. The molecular weight excluding hydrogens is 436 g/mol. The quantitative estimate of drug-likeness (QED) is 0.587. The molecule has 1 N–H and O–H groups in total. The fourth-order valence-electron chi connectivity index (χ4n) is 8.38. The van der Waals surface area contributed by atoms with Crippen molar-refractivity contribution in [1.82, 2.24) is 9.78 Å². The molecule has 0 aromatic carbocycles. The van der Waals surface area contributed by atoms with Crippen LogP contribution in [0.5, 0.6) is 0 Å². The maximum atomic E-state index is 16.4. The van der Waals surface area contributed by atoms with Crippen molar-refractivity contribution in [1.29, 1.82) is 0 Å². The van der Waals surface area contributed by atoms with Gasteiger partial charge >= 0.3 is 6.18 Å². The van der Waals surface area contributed by atoms with Gasteiger partial charge in [0, 0.05) is 12.1 Å². The third-order valence-corrected chi connectivity index (χ3v) is 9.95. The van der Waals surface area contributed by atoms with Gasteiger partial charge in [-0.15, -0.1) is 0 Å². The molecule has 4 aliphatic carbocycles. The van der Waals surface area contributed by atoms with Crippen LogP contribution in [0, 0.1) is 35.0 Å². The number of carbonyl (C=O) groups is 1. The molecule has 4 saturated carbocycles. The Morgan fingerprint density at radius 1 is 1.12 bits per heavy atom. The third-order valence-electron chi connectivity index (χ3n) is 9.95. The lowest BCUT2D eigenvalue weighted by atomic mass is 9.48. The molecule has 8 heteroatoms. The molecule has 5 rings (SSSR count). The summed E-state index contributed by atoms with van der Waals surface area (Å²) in [5.41, 5.74) is -3.22. The number of aliphatic hydroxyl groups is 1. The largest absolute Gasteiger partial charge is 0.435 e. The molecule has 1 aromatic rings. The van der Waals surface area contributed by atoms with Gasteiger partial charge in [0.15, 0.2) is 11.5 Å². The van der Waals surface area contributed by atoms with Crippen LogP contribution < -0.4 is 0 Å². The lowest BCUT2D eigenvalue weighted by Gasteiger charge is -2.59. The number of alkyl halides is 4. The van der Waals surface area contributed by atoms with E-state index in [0.717, 1.165) is 42.9 Å². The van der Waals surface area contributed by atoms with Crippen molar-refractivity contribution in [3.8, 4) is 0 Å². The molecule has 184 valence electrons. The van der Waals surface area contributed by atoms with E-state index in [1.165, 1.54) is 6.20 Å². The van der Waals surface area contributed by atoms with Gasteiger partial charge in [-0.1, -0.05) is 6.92 Å². The van der Waals surface area contributed by atoms with Crippen LogP contribution in [0.3, 0.4) is 0 Å². The van der Waals surface area contributed by atoms with Gasteiger partial charge in [-0.3, -0.25) is 9.48 Å². The molecule has 0 aliphatic heterocycles. The Morgan fingerprint density at radius 3 is 2.58 bits per heavy atom. The van der Waals surface area contributed by atoms with Crippen molar-refractivity contribution in [3.05, 3.63) is 18.0 Å².